The number of aryl methyl sites for hydroxylation is 1. The molecule has 1 aromatic heterocycles. The smallest absolute Gasteiger partial charge is 0.186 e. The second-order valence-corrected chi connectivity index (χ2v) is 6.11. The Hall–Kier alpha value is -0.710. The van der Waals surface area contributed by atoms with Crippen molar-refractivity contribution in [2.24, 2.45) is 0 Å². The van der Waals surface area contributed by atoms with Gasteiger partial charge >= 0.3 is 0 Å². The lowest BCUT2D eigenvalue weighted by atomic mass is 10.1. The van der Waals surface area contributed by atoms with Crippen molar-refractivity contribution in [2.45, 2.75) is 26.4 Å². The van der Waals surface area contributed by atoms with Gasteiger partial charge in [0.25, 0.3) is 0 Å². The molecule has 0 aliphatic rings. The number of carbonyl (C=O) groups is 1. The summed E-state index contributed by atoms with van der Waals surface area (Å²) in [7, 11) is 1.84. The summed E-state index contributed by atoms with van der Waals surface area (Å²) in [6.45, 7) is 6.31. The van der Waals surface area contributed by atoms with Crippen LogP contribution in [0.1, 0.15) is 28.4 Å². The highest BCUT2D eigenvalue weighted by molar-refractivity contribution is 7.14. The molecule has 0 unspecified atom stereocenters. The van der Waals surface area contributed by atoms with Crippen LogP contribution in [0.5, 0.6) is 0 Å². The molecule has 0 aliphatic carbocycles. The number of hydrogen-bond donors (Lipinski definition) is 1. The van der Waals surface area contributed by atoms with Crippen molar-refractivity contribution < 1.29 is 9.90 Å². The third kappa shape index (κ3) is 4.43. The van der Waals surface area contributed by atoms with Crippen molar-refractivity contribution in [1.82, 2.24) is 4.90 Å². The maximum atomic E-state index is 11.8. The molecule has 0 amide bonds. The number of thiophene rings is 1. The number of Topliss-reactive ketones (excluding diaryl/α,β-unsaturated/α-hetero) is 1. The molecule has 0 saturated carbocycles. The maximum Gasteiger partial charge on any atom is 0.186 e. The number of likely N-dealkylation sites (N-methyl/N-ethyl adjacent to an activating group) is 1. The normalized spacial score (nSPS) is 12.1. The minimum absolute atomic E-state index is 0.116. The molecule has 1 N–H and O–H groups in total. The summed E-state index contributed by atoms with van der Waals surface area (Å²) in [6, 6.07) is 3.81. The molecule has 1 rings (SSSR count). The van der Waals surface area contributed by atoms with E-state index in [-0.39, 0.29) is 5.78 Å². The SMILES string of the molecule is Cc1ccc(C(=O)CN(C)CC(C)(C)O)s1. The summed E-state index contributed by atoms with van der Waals surface area (Å²) >= 11 is 1.52. The average Bonchev–Trinajstić information content (AvgIpc) is 2.47. The highest BCUT2D eigenvalue weighted by atomic mass is 32.1. The van der Waals surface area contributed by atoms with Crippen LogP contribution in [0.3, 0.4) is 0 Å². The molecule has 0 aromatic carbocycles. The molecule has 0 radical (unpaired) electrons. The predicted molar refractivity (Wildman–Crippen MR) is 67.2 cm³/mol. The lowest BCUT2D eigenvalue weighted by Crippen LogP contribution is -2.38. The Kier molecular flexibility index (Phi) is 4.24. The first-order valence-corrected chi connectivity index (χ1v) is 6.10. The maximum absolute atomic E-state index is 11.8. The minimum Gasteiger partial charge on any atom is -0.389 e. The number of nitrogens with zero attached hydrogens (tertiary/aromatic N) is 1. The number of hydrogen-bond acceptors (Lipinski definition) is 4. The van der Waals surface area contributed by atoms with E-state index in [2.05, 4.69) is 0 Å². The molecule has 1 aromatic rings. The molecule has 0 bridgehead atoms. The van der Waals surface area contributed by atoms with Crippen LogP contribution < -0.4 is 0 Å². The second kappa shape index (κ2) is 5.08. The summed E-state index contributed by atoms with van der Waals surface area (Å²) in [5, 5.41) is 9.63. The van der Waals surface area contributed by atoms with E-state index in [9.17, 15) is 9.90 Å². The summed E-state index contributed by atoms with van der Waals surface area (Å²) in [5.74, 6) is 0.116. The zero-order valence-corrected chi connectivity index (χ0v) is 11.1. The van der Waals surface area contributed by atoms with Gasteiger partial charge in [-0.25, -0.2) is 0 Å². The molecular weight excluding hydrogens is 222 g/mol. The first kappa shape index (κ1) is 13.4. The van der Waals surface area contributed by atoms with E-state index < -0.39 is 5.60 Å². The van der Waals surface area contributed by atoms with Crippen LogP contribution in [0, 0.1) is 6.92 Å². The van der Waals surface area contributed by atoms with Crippen molar-refractivity contribution in [2.75, 3.05) is 20.1 Å². The van der Waals surface area contributed by atoms with Crippen LogP contribution in [-0.2, 0) is 0 Å². The number of aliphatic hydroxyl groups is 1. The van der Waals surface area contributed by atoms with E-state index in [1.165, 1.54) is 11.3 Å². The first-order chi connectivity index (χ1) is 7.28. The summed E-state index contributed by atoms with van der Waals surface area (Å²) in [6.07, 6.45) is 0. The Morgan fingerprint density at radius 2 is 2.12 bits per heavy atom. The highest BCUT2D eigenvalue weighted by Gasteiger charge is 2.18. The molecule has 16 heavy (non-hydrogen) atoms. The predicted octanol–water partition coefficient (Wildman–Crippen LogP) is 1.94. The van der Waals surface area contributed by atoms with Gasteiger partial charge in [-0.1, -0.05) is 0 Å². The van der Waals surface area contributed by atoms with E-state index in [0.717, 1.165) is 9.75 Å². The van der Waals surface area contributed by atoms with Gasteiger partial charge in [-0.2, -0.15) is 0 Å². The molecule has 0 spiro atoms. The fourth-order valence-electron chi connectivity index (χ4n) is 1.62. The van der Waals surface area contributed by atoms with Crippen molar-refractivity contribution in [1.29, 1.82) is 0 Å². The van der Waals surface area contributed by atoms with Gasteiger partial charge in [0.1, 0.15) is 0 Å². The molecule has 0 aliphatic heterocycles. The molecule has 1 heterocycles. The van der Waals surface area contributed by atoms with E-state index >= 15 is 0 Å². The van der Waals surface area contributed by atoms with Crippen LogP contribution in [0.15, 0.2) is 12.1 Å². The fraction of sp³-hybridized carbons (Fsp3) is 0.583. The molecule has 0 atom stereocenters. The topological polar surface area (TPSA) is 40.5 Å². The molecule has 4 heteroatoms. The fourth-order valence-corrected chi connectivity index (χ4v) is 2.42. The average molecular weight is 241 g/mol. The van der Waals surface area contributed by atoms with Crippen LogP contribution in [0.4, 0.5) is 0 Å². The van der Waals surface area contributed by atoms with E-state index in [1.54, 1.807) is 13.8 Å². The zero-order chi connectivity index (χ0) is 12.3. The monoisotopic (exact) mass is 241 g/mol. The molecule has 0 fully saturated rings. The van der Waals surface area contributed by atoms with Gasteiger partial charge in [0.05, 0.1) is 17.0 Å². The zero-order valence-electron chi connectivity index (χ0n) is 10.3. The van der Waals surface area contributed by atoms with E-state index in [0.29, 0.717) is 13.1 Å². The Balaban J connectivity index is 2.52. The van der Waals surface area contributed by atoms with Gasteiger partial charge in [-0.05, 0) is 40.0 Å². The van der Waals surface area contributed by atoms with Gasteiger partial charge in [0.15, 0.2) is 5.78 Å². The number of carbonyl (C=O) groups excluding carboxylic acids is 1. The third-order valence-corrected chi connectivity index (χ3v) is 3.13. The number of ketones is 1. The van der Waals surface area contributed by atoms with Crippen LogP contribution in [0.2, 0.25) is 0 Å². The lowest BCUT2D eigenvalue weighted by molar-refractivity contribution is 0.0440. The van der Waals surface area contributed by atoms with Crippen molar-refractivity contribution >= 4 is 17.1 Å². The van der Waals surface area contributed by atoms with Gasteiger partial charge in [-0.3, -0.25) is 9.69 Å². The Labute approximate surface area is 101 Å². The van der Waals surface area contributed by atoms with Gasteiger partial charge in [-0.15, -0.1) is 11.3 Å². The Bertz CT molecular complexity index is 365. The van der Waals surface area contributed by atoms with Crippen molar-refractivity contribution in [3.63, 3.8) is 0 Å². The lowest BCUT2D eigenvalue weighted by Gasteiger charge is -2.24. The van der Waals surface area contributed by atoms with Gasteiger partial charge < -0.3 is 5.11 Å². The van der Waals surface area contributed by atoms with Crippen LogP contribution in [-0.4, -0.2) is 41.5 Å². The summed E-state index contributed by atoms with van der Waals surface area (Å²) in [4.78, 5) is 15.6. The molecule has 90 valence electrons. The molecular formula is C12H19NO2S. The highest BCUT2D eigenvalue weighted by Crippen LogP contribution is 2.16. The van der Waals surface area contributed by atoms with Crippen LogP contribution in [0.25, 0.3) is 0 Å². The quantitative estimate of drug-likeness (QED) is 0.801. The van der Waals surface area contributed by atoms with E-state index in [1.807, 2.05) is 31.0 Å². The summed E-state index contributed by atoms with van der Waals surface area (Å²) < 4.78 is 0. The first-order valence-electron chi connectivity index (χ1n) is 5.28. The number of rotatable bonds is 5. The Morgan fingerprint density at radius 3 is 2.56 bits per heavy atom. The molecule has 0 saturated heterocycles. The van der Waals surface area contributed by atoms with Crippen LogP contribution >= 0.6 is 11.3 Å². The summed E-state index contributed by atoms with van der Waals surface area (Å²) in [5.41, 5.74) is -0.763. The van der Waals surface area contributed by atoms with Crippen molar-refractivity contribution in [3.05, 3.63) is 21.9 Å². The van der Waals surface area contributed by atoms with Crippen molar-refractivity contribution in [3.8, 4) is 0 Å². The molecule has 3 nitrogen and oxygen atoms in total. The minimum atomic E-state index is -0.763. The van der Waals surface area contributed by atoms with Gasteiger partial charge in [0.2, 0.25) is 0 Å². The van der Waals surface area contributed by atoms with Gasteiger partial charge in [0, 0.05) is 11.4 Å². The third-order valence-electron chi connectivity index (χ3n) is 2.09. The standard InChI is InChI=1S/C12H19NO2S/c1-9-5-6-11(16-9)10(14)7-13(4)8-12(2,3)15/h5-6,15H,7-8H2,1-4H3. The second-order valence-electron chi connectivity index (χ2n) is 4.82. The largest absolute Gasteiger partial charge is 0.389 e. The Morgan fingerprint density at radius 1 is 1.50 bits per heavy atom. The van der Waals surface area contributed by atoms with E-state index in [4.69, 9.17) is 0 Å².